The van der Waals surface area contributed by atoms with Crippen molar-refractivity contribution in [1.82, 2.24) is 4.98 Å². The molecule has 0 spiro atoms. The molecule has 1 N–H and O–H groups in total. The Labute approximate surface area is 133 Å². The molecule has 1 aliphatic rings. The molecule has 116 valence electrons. The lowest BCUT2D eigenvalue weighted by Crippen LogP contribution is -2.22. The molecule has 2 heterocycles. The molecule has 0 fully saturated rings. The zero-order valence-electron chi connectivity index (χ0n) is 12.9. The van der Waals surface area contributed by atoms with E-state index in [0.717, 1.165) is 29.6 Å². The first-order valence-electron chi connectivity index (χ1n) is 7.77. The van der Waals surface area contributed by atoms with Crippen molar-refractivity contribution in [3.8, 4) is 0 Å². The summed E-state index contributed by atoms with van der Waals surface area (Å²) < 4.78 is 13.5. The Balaban J connectivity index is 1.83. The van der Waals surface area contributed by atoms with Gasteiger partial charge in [-0.2, -0.15) is 0 Å². The SMILES string of the molecule is Cc1[nH]c(=O)c2cc(F)ccc2c1CN1CCc2ccccc21. The second-order valence-corrected chi connectivity index (χ2v) is 6.05. The highest BCUT2D eigenvalue weighted by Gasteiger charge is 2.20. The summed E-state index contributed by atoms with van der Waals surface area (Å²) in [5, 5.41) is 1.25. The van der Waals surface area contributed by atoms with Crippen LogP contribution in [0.5, 0.6) is 0 Å². The highest BCUT2D eigenvalue weighted by Crippen LogP contribution is 2.30. The van der Waals surface area contributed by atoms with Gasteiger partial charge in [0.1, 0.15) is 5.82 Å². The van der Waals surface area contributed by atoms with E-state index >= 15 is 0 Å². The molecule has 0 atom stereocenters. The van der Waals surface area contributed by atoms with Gasteiger partial charge in [0.15, 0.2) is 0 Å². The Morgan fingerprint density at radius 1 is 1.17 bits per heavy atom. The van der Waals surface area contributed by atoms with Crippen molar-refractivity contribution in [1.29, 1.82) is 0 Å². The van der Waals surface area contributed by atoms with E-state index in [2.05, 4.69) is 28.1 Å². The summed E-state index contributed by atoms with van der Waals surface area (Å²) in [4.78, 5) is 17.3. The fourth-order valence-corrected chi connectivity index (χ4v) is 3.45. The molecule has 23 heavy (non-hydrogen) atoms. The number of fused-ring (bicyclic) bond motifs is 2. The predicted octanol–water partition coefficient (Wildman–Crippen LogP) is 3.54. The molecule has 0 saturated heterocycles. The van der Waals surface area contributed by atoms with Crippen molar-refractivity contribution in [2.75, 3.05) is 11.4 Å². The highest BCUT2D eigenvalue weighted by molar-refractivity contribution is 5.85. The monoisotopic (exact) mass is 308 g/mol. The van der Waals surface area contributed by atoms with Gasteiger partial charge in [-0.1, -0.05) is 24.3 Å². The summed E-state index contributed by atoms with van der Waals surface area (Å²) in [6, 6.07) is 12.8. The standard InChI is InChI=1S/C19H17FN2O/c1-12-17(11-22-9-8-13-4-2-3-5-18(13)22)15-7-6-14(20)10-16(15)19(23)21-12/h2-7,10H,8-9,11H2,1H3,(H,21,23). The van der Waals surface area contributed by atoms with Crippen molar-refractivity contribution >= 4 is 16.5 Å². The van der Waals surface area contributed by atoms with Crippen LogP contribution < -0.4 is 10.5 Å². The number of hydrogen-bond acceptors (Lipinski definition) is 2. The van der Waals surface area contributed by atoms with Crippen LogP contribution in [0, 0.1) is 12.7 Å². The van der Waals surface area contributed by atoms with Gasteiger partial charge in [0.05, 0.1) is 5.39 Å². The summed E-state index contributed by atoms with van der Waals surface area (Å²) in [5.74, 6) is -0.385. The van der Waals surface area contributed by atoms with Gasteiger partial charge in [-0.05, 0) is 48.1 Å². The number of anilines is 1. The van der Waals surface area contributed by atoms with E-state index in [1.807, 2.05) is 13.0 Å². The summed E-state index contributed by atoms with van der Waals surface area (Å²) >= 11 is 0. The number of aryl methyl sites for hydroxylation is 1. The normalized spacial score (nSPS) is 13.6. The van der Waals surface area contributed by atoms with E-state index in [0.29, 0.717) is 11.9 Å². The maximum Gasteiger partial charge on any atom is 0.256 e. The Morgan fingerprint density at radius 2 is 2.00 bits per heavy atom. The molecule has 2 aromatic carbocycles. The topological polar surface area (TPSA) is 36.1 Å². The van der Waals surface area contributed by atoms with Gasteiger partial charge in [0.25, 0.3) is 5.56 Å². The molecule has 4 heteroatoms. The second kappa shape index (κ2) is 5.23. The number of rotatable bonds is 2. The van der Waals surface area contributed by atoms with Gasteiger partial charge in [0.2, 0.25) is 0 Å². The Hall–Kier alpha value is -2.62. The molecule has 3 aromatic rings. The maximum absolute atomic E-state index is 13.5. The predicted molar refractivity (Wildman–Crippen MR) is 90.5 cm³/mol. The van der Waals surface area contributed by atoms with E-state index in [9.17, 15) is 9.18 Å². The van der Waals surface area contributed by atoms with Gasteiger partial charge in [-0.3, -0.25) is 4.79 Å². The third-order valence-electron chi connectivity index (χ3n) is 4.64. The third kappa shape index (κ3) is 2.31. The van der Waals surface area contributed by atoms with E-state index < -0.39 is 0 Å². The molecule has 3 nitrogen and oxygen atoms in total. The number of benzene rings is 2. The van der Waals surface area contributed by atoms with E-state index in [1.165, 1.54) is 23.4 Å². The fourth-order valence-electron chi connectivity index (χ4n) is 3.45. The number of hydrogen-bond donors (Lipinski definition) is 1. The molecule has 0 amide bonds. The molecule has 0 aliphatic carbocycles. The van der Waals surface area contributed by atoms with E-state index in [1.54, 1.807) is 6.07 Å². The number of aromatic amines is 1. The van der Waals surface area contributed by atoms with Gasteiger partial charge >= 0.3 is 0 Å². The Morgan fingerprint density at radius 3 is 2.87 bits per heavy atom. The summed E-state index contributed by atoms with van der Waals surface area (Å²) in [7, 11) is 0. The van der Waals surface area contributed by atoms with Crippen molar-refractivity contribution in [2.24, 2.45) is 0 Å². The fraction of sp³-hybridized carbons (Fsp3) is 0.211. The molecule has 0 saturated carbocycles. The molecule has 4 rings (SSSR count). The van der Waals surface area contributed by atoms with Crippen molar-refractivity contribution in [3.63, 3.8) is 0 Å². The minimum Gasteiger partial charge on any atom is -0.367 e. The summed E-state index contributed by atoms with van der Waals surface area (Å²) in [5.41, 5.74) is 4.26. The van der Waals surface area contributed by atoms with Crippen LogP contribution in [0.2, 0.25) is 0 Å². The third-order valence-corrected chi connectivity index (χ3v) is 4.64. The number of pyridine rings is 1. The largest absolute Gasteiger partial charge is 0.367 e. The van der Waals surface area contributed by atoms with Crippen LogP contribution in [0.3, 0.4) is 0 Å². The number of nitrogens with one attached hydrogen (secondary N) is 1. The van der Waals surface area contributed by atoms with Gasteiger partial charge in [-0.15, -0.1) is 0 Å². The lowest BCUT2D eigenvalue weighted by Gasteiger charge is -2.21. The number of nitrogens with zero attached hydrogens (tertiary/aromatic N) is 1. The first-order valence-corrected chi connectivity index (χ1v) is 7.77. The number of aromatic nitrogens is 1. The lowest BCUT2D eigenvalue weighted by molar-refractivity contribution is 0.629. The molecule has 1 aromatic heterocycles. The first kappa shape index (κ1) is 14.0. The van der Waals surface area contributed by atoms with Gasteiger partial charge < -0.3 is 9.88 Å². The summed E-state index contributed by atoms with van der Waals surface area (Å²) in [6.07, 6.45) is 1.03. The highest BCUT2D eigenvalue weighted by atomic mass is 19.1. The zero-order chi connectivity index (χ0) is 16.0. The van der Waals surface area contributed by atoms with E-state index in [4.69, 9.17) is 0 Å². The minimum absolute atomic E-state index is 0.234. The number of halogens is 1. The van der Waals surface area contributed by atoms with Crippen molar-refractivity contribution < 1.29 is 4.39 Å². The average molecular weight is 308 g/mol. The maximum atomic E-state index is 13.5. The van der Waals surface area contributed by atoms with Crippen LogP contribution >= 0.6 is 0 Å². The number of H-pyrrole nitrogens is 1. The first-order chi connectivity index (χ1) is 11.1. The van der Waals surface area contributed by atoms with Crippen molar-refractivity contribution in [2.45, 2.75) is 19.9 Å². The minimum atomic E-state index is -0.385. The van der Waals surface area contributed by atoms with E-state index in [-0.39, 0.29) is 11.4 Å². The van der Waals surface area contributed by atoms with Crippen molar-refractivity contribution in [3.05, 3.63) is 75.5 Å². The lowest BCUT2D eigenvalue weighted by atomic mass is 10.0. The molecule has 0 bridgehead atoms. The molecular weight excluding hydrogens is 291 g/mol. The molecular formula is C19H17FN2O. The van der Waals surface area contributed by atoms with Gasteiger partial charge in [0, 0.05) is 24.5 Å². The van der Waals surface area contributed by atoms with Gasteiger partial charge in [-0.25, -0.2) is 4.39 Å². The van der Waals surface area contributed by atoms with Crippen LogP contribution in [-0.4, -0.2) is 11.5 Å². The van der Waals surface area contributed by atoms with Crippen LogP contribution in [0.1, 0.15) is 16.8 Å². The smallest absolute Gasteiger partial charge is 0.256 e. The zero-order valence-corrected chi connectivity index (χ0v) is 12.9. The molecule has 0 radical (unpaired) electrons. The molecule has 0 unspecified atom stereocenters. The van der Waals surface area contributed by atoms with Crippen LogP contribution in [0.15, 0.2) is 47.3 Å². The van der Waals surface area contributed by atoms with Crippen LogP contribution in [0.4, 0.5) is 10.1 Å². The number of para-hydroxylation sites is 1. The van der Waals surface area contributed by atoms with Crippen LogP contribution in [-0.2, 0) is 13.0 Å². The summed E-state index contributed by atoms with van der Waals surface area (Å²) in [6.45, 7) is 3.57. The quantitative estimate of drug-likeness (QED) is 0.786. The van der Waals surface area contributed by atoms with Crippen LogP contribution in [0.25, 0.3) is 10.8 Å². The Bertz CT molecular complexity index is 961. The Kier molecular flexibility index (Phi) is 3.18. The molecule has 1 aliphatic heterocycles. The average Bonchev–Trinajstić information content (AvgIpc) is 2.95. The second-order valence-electron chi connectivity index (χ2n) is 6.05.